The van der Waals surface area contributed by atoms with Crippen LogP contribution in [-0.2, 0) is 24.8 Å². The molecule has 0 saturated carbocycles. The standard InChI is InChI=1S/C15H20N2O7/c1-4-12(20)15(17-6-8(2)13(21)16-14(17)22)5-10(23-9(3)19)11(7-18)24-15/h6,10-11,18H,4-5,7H2,1-3H3,(H,16,21,22)/t10-,11+,15-/m0/s1. The number of carbonyl (C=O) groups is 2. The third-order valence-electron chi connectivity index (χ3n) is 4.00. The van der Waals surface area contributed by atoms with Crippen molar-refractivity contribution >= 4 is 11.8 Å². The number of nitrogens with one attached hydrogen (secondary N) is 1. The Morgan fingerprint density at radius 2 is 2.17 bits per heavy atom. The predicted octanol–water partition coefficient (Wildman–Crippen LogP) is -0.810. The first-order valence-electron chi connectivity index (χ1n) is 7.57. The van der Waals surface area contributed by atoms with Gasteiger partial charge in [-0.25, -0.2) is 4.79 Å². The van der Waals surface area contributed by atoms with Gasteiger partial charge in [0.2, 0.25) is 5.72 Å². The summed E-state index contributed by atoms with van der Waals surface area (Å²) < 4.78 is 11.8. The van der Waals surface area contributed by atoms with Gasteiger partial charge in [0.1, 0.15) is 12.2 Å². The molecule has 2 rings (SSSR count). The number of Topliss-reactive ketones (excluding diaryl/α,β-unsaturated/α-hetero) is 1. The van der Waals surface area contributed by atoms with Crippen molar-refractivity contribution in [2.45, 2.75) is 51.5 Å². The molecule has 1 aliphatic rings. The Labute approximate surface area is 137 Å². The van der Waals surface area contributed by atoms with Crippen molar-refractivity contribution in [1.29, 1.82) is 0 Å². The molecule has 0 spiro atoms. The molecular formula is C15H20N2O7. The number of aliphatic hydroxyl groups is 1. The minimum Gasteiger partial charge on any atom is -0.459 e. The Kier molecular flexibility index (Phi) is 5.05. The number of hydrogen-bond acceptors (Lipinski definition) is 7. The van der Waals surface area contributed by atoms with Crippen molar-refractivity contribution < 1.29 is 24.2 Å². The lowest BCUT2D eigenvalue weighted by Crippen LogP contribution is -2.50. The number of nitrogens with zero attached hydrogens (tertiary/aromatic N) is 1. The third-order valence-corrected chi connectivity index (χ3v) is 4.00. The van der Waals surface area contributed by atoms with Gasteiger partial charge in [0.15, 0.2) is 5.78 Å². The number of rotatable bonds is 5. The summed E-state index contributed by atoms with van der Waals surface area (Å²) in [6.45, 7) is 3.80. The van der Waals surface area contributed by atoms with Gasteiger partial charge in [0, 0.05) is 31.5 Å². The normalized spacial score (nSPS) is 26.3. The molecule has 9 heteroatoms. The zero-order chi connectivity index (χ0) is 18.1. The lowest BCUT2D eigenvalue weighted by Gasteiger charge is -2.29. The molecule has 1 aromatic heterocycles. The molecule has 24 heavy (non-hydrogen) atoms. The number of esters is 1. The molecule has 0 unspecified atom stereocenters. The topological polar surface area (TPSA) is 128 Å². The molecule has 0 aromatic carbocycles. The second kappa shape index (κ2) is 6.70. The number of aryl methyl sites for hydroxylation is 1. The molecule has 1 aromatic rings. The van der Waals surface area contributed by atoms with Crippen LogP contribution in [0.25, 0.3) is 0 Å². The number of H-pyrrole nitrogens is 1. The van der Waals surface area contributed by atoms with E-state index in [1.165, 1.54) is 20.0 Å². The van der Waals surface area contributed by atoms with Gasteiger partial charge in [-0.15, -0.1) is 0 Å². The van der Waals surface area contributed by atoms with Crippen LogP contribution in [0.15, 0.2) is 15.8 Å². The first-order valence-corrected chi connectivity index (χ1v) is 7.57. The molecule has 0 aliphatic carbocycles. The maximum atomic E-state index is 12.6. The van der Waals surface area contributed by atoms with E-state index in [1.807, 2.05) is 0 Å². The van der Waals surface area contributed by atoms with E-state index in [9.17, 15) is 24.3 Å². The molecule has 0 amide bonds. The second-order valence-electron chi connectivity index (χ2n) is 5.69. The highest BCUT2D eigenvalue weighted by atomic mass is 16.6. The minimum absolute atomic E-state index is 0.0511. The predicted molar refractivity (Wildman–Crippen MR) is 81.5 cm³/mol. The van der Waals surface area contributed by atoms with Crippen molar-refractivity contribution in [2.75, 3.05) is 6.61 Å². The molecule has 1 aliphatic heterocycles. The van der Waals surface area contributed by atoms with Crippen LogP contribution in [0.4, 0.5) is 0 Å². The zero-order valence-corrected chi connectivity index (χ0v) is 13.7. The lowest BCUT2D eigenvalue weighted by atomic mass is 9.99. The maximum Gasteiger partial charge on any atom is 0.331 e. The largest absolute Gasteiger partial charge is 0.459 e. The summed E-state index contributed by atoms with van der Waals surface area (Å²) in [7, 11) is 0. The first-order chi connectivity index (χ1) is 11.2. The van der Waals surface area contributed by atoms with E-state index in [2.05, 4.69) is 4.98 Å². The van der Waals surface area contributed by atoms with Gasteiger partial charge in [0.05, 0.1) is 6.61 Å². The average Bonchev–Trinajstić information content (AvgIpc) is 2.88. The highest BCUT2D eigenvalue weighted by molar-refractivity contribution is 5.85. The third kappa shape index (κ3) is 3.04. The first kappa shape index (κ1) is 18.1. The van der Waals surface area contributed by atoms with Gasteiger partial charge in [-0.1, -0.05) is 6.92 Å². The van der Waals surface area contributed by atoms with Crippen molar-refractivity contribution in [3.8, 4) is 0 Å². The van der Waals surface area contributed by atoms with Crippen molar-refractivity contribution in [2.24, 2.45) is 0 Å². The zero-order valence-electron chi connectivity index (χ0n) is 13.7. The molecule has 2 N–H and O–H groups in total. The fraction of sp³-hybridized carbons (Fsp3) is 0.600. The quantitative estimate of drug-likeness (QED) is 0.671. The molecule has 9 nitrogen and oxygen atoms in total. The number of ether oxygens (including phenoxy) is 2. The number of aromatic amines is 1. The SMILES string of the molecule is CCC(=O)[C@]1(n2cc(C)c(=O)[nH]c2=O)C[C@H](OC(C)=O)[C@@H](CO)O1. The van der Waals surface area contributed by atoms with E-state index >= 15 is 0 Å². The van der Waals surface area contributed by atoms with E-state index in [0.29, 0.717) is 0 Å². The summed E-state index contributed by atoms with van der Waals surface area (Å²) in [5.74, 6) is -1.02. The number of carbonyl (C=O) groups excluding carboxylic acids is 2. The Morgan fingerprint density at radius 3 is 2.71 bits per heavy atom. The fourth-order valence-electron chi connectivity index (χ4n) is 2.84. The summed E-state index contributed by atoms with van der Waals surface area (Å²) in [4.78, 5) is 49.8. The van der Waals surface area contributed by atoms with Crippen LogP contribution in [-0.4, -0.2) is 45.2 Å². The van der Waals surface area contributed by atoms with E-state index in [0.717, 1.165) is 4.57 Å². The highest BCUT2D eigenvalue weighted by Gasteiger charge is 2.54. The lowest BCUT2D eigenvalue weighted by molar-refractivity contribution is -0.163. The van der Waals surface area contributed by atoms with E-state index < -0.39 is 47.5 Å². The Balaban J connectivity index is 2.59. The summed E-state index contributed by atoms with van der Waals surface area (Å²) in [6, 6.07) is 0. The minimum atomic E-state index is -1.74. The molecule has 1 saturated heterocycles. The van der Waals surface area contributed by atoms with Crippen LogP contribution in [0.2, 0.25) is 0 Å². The number of aromatic nitrogens is 2. The van der Waals surface area contributed by atoms with Gasteiger partial charge in [-0.2, -0.15) is 0 Å². The van der Waals surface area contributed by atoms with Gasteiger partial charge < -0.3 is 14.6 Å². The van der Waals surface area contributed by atoms with Crippen LogP contribution in [0.5, 0.6) is 0 Å². The van der Waals surface area contributed by atoms with E-state index in [4.69, 9.17) is 9.47 Å². The Hall–Kier alpha value is -2.26. The molecule has 1 fully saturated rings. The molecule has 0 radical (unpaired) electrons. The van der Waals surface area contributed by atoms with Gasteiger partial charge in [-0.05, 0) is 6.92 Å². The van der Waals surface area contributed by atoms with Crippen molar-refractivity contribution in [3.05, 3.63) is 32.6 Å². The van der Waals surface area contributed by atoms with E-state index in [1.54, 1.807) is 6.92 Å². The fourth-order valence-corrected chi connectivity index (χ4v) is 2.84. The monoisotopic (exact) mass is 340 g/mol. The number of hydrogen-bond donors (Lipinski definition) is 2. The van der Waals surface area contributed by atoms with Crippen molar-refractivity contribution in [3.63, 3.8) is 0 Å². The number of ketones is 1. The second-order valence-corrected chi connectivity index (χ2v) is 5.69. The highest BCUT2D eigenvalue weighted by Crippen LogP contribution is 2.37. The molecule has 0 bridgehead atoms. The van der Waals surface area contributed by atoms with Crippen LogP contribution < -0.4 is 11.2 Å². The van der Waals surface area contributed by atoms with Gasteiger partial charge in [0.25, 0.3) is 5.56 Å². The average molecular weight is 340 g/mol. The molecule has 132 valence electrons. The van der Waals surface area contributed by atoms with Crippen LogP contribution in [0.1, 0.15) is 32.3 Å². The van der Waals surface area contributed by atoms with Crippen LogP contribution in [0, 0.1) is 6.92 Å². The van der Waals surface area contributed by atoms with Crippen molar-refractivity contribution in [1.82, 2.24) is 9.55 Å². The van der Waals surface area contributed by atoms with Gasteiger partial charge in [-0.3, -0.25) is 23.9 Å². The smallest absolute Gasteiger partial charge is 0.331 e. The molecular weight excluding hydrogens is 320 g/mol. The molecule has 2 heterocycles. The van der Waals surface area contributed by atoms with Gasteiger partial charge >= 0.3 is 11.7 Å². The summed E-state index contributed by atoms with van der Waals surface area (Å²) in [5.41, 5.74) is -2.90. The van der Waals surface area contributed by atoms with E-state index in [-0.39, 0.29) is 18.4 Å². The summed E-state index contributed by atoms with van der Waals surface area (Å²) in [6.07, 6.45) is -0.685. The maximum absolute atomic E-state index is 12.6. The Bertz CT molecular complexity index is 766. The Morgan fingerprint density at radius 1 is 1.50 bits per heavy atom. The van der Waals surface area contributed by atoms with Crippen LogP contribution >= 0.6 is 0 Å². The van der Waals surface area contributed by atoms with Crippen LogP contribution in [0.3, 0.4) is 0 Å². The number of aliphatic hydroxyl groups excluding tert-OH is 1. The summed E-state index contributed by atoms with van der Waals surface area (Å²) >= 11 is 0. The molecule has 3 atom stereocenters. The summed E-state index contributed by atoms with van der Waals surface area (Å²) in [5, 5.41) is 9.48.